The fourth-order valence-corrected chi connectivity index (χ4v) is 1.12. The van der Waals surface area contributed by atoms with Crippen LogP contribution in [-0.2, 0) is 0 Å². The molecule has 0 aromatic rings. The topological polar surface area (TPSA) is 12.0 Å². The summed E-state index contributed by atoms with van der Waals surface area (Å²) in [4.78, 5) is 0. The molecule has 0 aliphatic carbocycles. The zero-order valence-electron chi connectivity index (χ0n) is 6.39. The van der Waals surface area contributed by atoms with E-state index in [1.54, 1.807) is 0 Å². The molecule has 0 saturated heterocycles. The fraction of sp³-hybridized carbons (Fsp3) is 0.750. The average molecular weight is 125 g/mol. The van der Waals surface area contributed by atoms with Gasteiger partial charge >= 0.3 is 0 Å². The first kappa shape index (κ1) is 6.81. The third-order valence-corrected chi connectivity index (χ3v) is 1.78. The smallest absolute Gasteiger partial charge is 0.0279 e. The van der Waals surface area contributed by atoms with Crippen LogP contribution in [0.4, 0.5) is 0 Å². The van der Waals surface area contributed by atoms with Crippen molar-refractivity contribution in [3.05, 3.63) is 12.2 Å². The Balaban J connectivity index is 2.41. The summed E-state index contributed by atoms with van der Waals surface area (Å²) in [7, 11) is 0. The predicted octanol–water partition coefficient (Wildman–Crippen LogP) is 1.56. The van der Waals surface area contributed by atoms with Crippen LogP contribution in [0.3, 0.4) is 0 Å². The molecule has 0 spiro atoms. The summed E-state index contributed by atoms with van der Waals surface area (Å²) >= 11 is 0. The molecule has 0 aromatic heterocycles. The molecular formula is C8H15N. The van der Waals surface area contributed by atoms with Gasteiger partial charge in [0, 0.05) is 12.1 Å². The van der Waals surface area contributed by atoms with E-state index in [0.717, 1.165) is 5.92 Å². The maximum atomic E-state index is 3.44. The molecule has 52 valence electrons. The fourth-order valence-electron chi connectivity index (χ4n) is 1.12. The lowest BCUT2D eigenvalue weighted by Crippen LogP contribution is -2.32. The van der Waals surface area contributed by atoms with Crippen molar-refractivity contribution >= 4 is 0 Å². The SMILES string of the molecule is CC1C=CC(C(C)C)N1. The van der Waals surface area contributed by atoms with Gasteiger partial charge in [-0.3, -0.25) is 0 Å². The van der Waals surface area contributed by atoms with Crippen LogP contribution in [0.5, 0.6) is 0 Å². The van der Waals surface area contributed by atoms with Crippen molar-refractivity contribution in [3.63, 3.8) is 0 Å². The Morgan fingerprint density at radius 3 is 2.22 bits per heavy atom. The molecular weight excluding hydrogens is 110 g/mol. The zero-order chi connectivity index (χ0) is 6.85. The summed E-state index contributed by atoms with van der Waals surface area (Å²) in [5.41, 5.74) is 0. The van der Waals surface area contributed by atoms with E-state index < -0.39 is 0 Å². The first-order valence-electron chi connectivity index (χ1n) is 3.64. The van der Waals surface area contributed by atoms with E-state index in [9.17, 15) is 0 Å². The van der Waals surface area contributed by atoms with Gasteiger partial charge in [-0.1, -0.05) is 26.0 Å². The van der Waals surface area contributed by atoms with Gasteiger partial charge in [-0.15, -0.1) is 0 Å². The number of rotatable bonds is 1. The van der Waals surface area contributed by atoms with Crippen molar-refractivity contribution in [2.24, 2.45) is 5.92 Å². The summed E-state index contributed by atoms with van der Waals surface area (Å²) in [6.07, 6.45) is 4.49. The van der Waals surface area contributed by atoms with Crippen molar-refractivity contribution in [1.82, 2.24) is 5.32 Å². The summed E-state index contributed by atoms with van der Waals surface area (Å²) < 4.78 is 0. The van der Waals surface area contributed by atoms with Gasteiger partial charge < -0.3 is 5.32 Å². The van der Waals surface area contributed by atoms with E-state index in [1.165, 1.54) is 0 Å². The Labute approximate surface area is 57.1 Å². The van der Waals surface area contributed by atoms with Gasteiger partial charge in [-0.25, -0.2) is 0 Å². The van der Waals surface area contributed by atoms with Crippen LogP contribution in [0.1, 0.15) is 20.8 Å². The van der Waals surface area contributed by atoms with Gasteiger partial charge in [0.1, 0.15) is 0 Å². The van der Waals surface area contributed by atoms with Crippen LogP contribution in [0.2, 0.25) is 0 Å². The molecule has 2 unspecified atom stereocenters. The lowest BCUT2D eigenvalue weighted by molar-refractivity contribution is 0.471. The van der Waals surface area contributed by atoms with Crippen molar-refractivity contribution in [2.75, 3.05) is 0 Å². The lowest BCUT2D eigenvalue weighted by Gasteiger charge is -2.14. The van der Waals surface area contributed by atoms with Gasteiger partial charge in [-0.2, -0.15) is 0 Å². The normalized spacial score (nSPS) is 34.2. The number of nitrogens with one attached hydrogen (secondary N) is 1. The lowest BCUT2D eigenvalue weighted by atomic mass is 10.1. The molecule has 1 aliphatic heterocycles. The first-order chi connectivity index (χ1) is 4.20. The minimum absolute atomic E-state index is 0.581. The second-order valence-corrected chi connectivity index (χ2v) is 3.11. The molecule has 1 heteroatoms. The molecule has 1 rings (SSSR count). The van der Waals surface area contributed by atoms with Crippen LogP contribution in [0.25, 0.3) is 0 Å². The Kier molecular flexibility index (Phi) is 1.91. The second kappa shape index (κ2) is 2.53. The van der Waals surface area contributed by atoms with Gasteiger partial charge in [0.2, 0.25) is 0 Å². The summed E-state index contributed by atoms with van der Waals surface area (Å²) in [6.45, 7) is 6.65. The first-order valence-corrected chi connectivity index (χ1v) is 3.64. The Hall–Kier alpha value is -0.300. The second-order valence-electron chi connectivity index (χ2n) is 3.11. The third kappa shape index (κ3) is 1.55. The predicted molar refractivity (Wildman–Crippen MR) is 40.4 cm³/mol. The maximum Gasteiger partial charge on any atom is 0.0279 e. The van der Waals surface area contributed by atoms with E-state index in [0.29, 0.717) is 12.1 Å². The quantitative estimate of drug-likeness (QED) is 0.524. The van der Waals surface area contributed by atoms with Crippen LogP contribution in [0.15, 0.2) is 12.2 Å². The van der Waals surface area contributed by atoms with E-state index in [2.05, 4.69) is 38.2 Å². The standard InChI is InChI=1S/C8H15N/c1-6(2)8-5-4-7(3)9-8/h4-9H,1-3H3. The van der Waals surface area contributed by atoms with Crippen molar-refractivity contribution in [3.8, 4) is 0 Å². The van der Waals surface area contributed by atoms with E-state index in [1.807, 2.05) is 0 Å². The van der Waals surface area contributed by atoms with Crippen LogP contribution < -0.4 is 5.32 Å². The molecule has 1 aliphatic rings. The van der Waals surface area contributed by atoms with E-state index >= 15 is 0 Å². The van der Waals surface area contributed by atoms with Crippen LogP contribution in [0, 0.1) is 5.92 Å². The number of hydrogen-bond acceptors (Lipinski definition) is 1. The molecule has 2 atom stereocenters. The molecule has 0 fully saturated rings. The highest BCUT2D eigenvalue weighted by molar-refractivity contribution is 5.07. The third-order valence-electron chi connectivity index (χ3n) is 1.78. The monoisotopic (exact) mass is 125 g/mol. The molecule has 0 radical (unpaired) electrons. The van der Waals surface area contributed by atoms with E-state index in [-0.39, 0.29) is 0 Å². The highest BCUT2D eigenvalue weighted by Crippen LogP contribution is 2.09. The molecule has 0 bridgehead atoms. The van der Waals surface area contributed by atoms with Gasteiger partial charge in [-0.05, 0) is 12.8 Å². The van der Waals surface area contributed by atoms with E-state index in [4.69, 9.17) is 0 Å². The van der Waals surface area contributed by atoms with Gasteiger partial charge in [0.15, 0.2) is 0 Å². The minimum Gasteiger partial charge on any atom is -0.304 e. The Morgan fingerprint density at radius 2 is 2.00 bits per heavy atom. The largest absolute Gasteiger partial charge is 0.304 e. The summed E-state index contributed by atoms with van der Waals surface area (Å²) in [6, 6.07) is 1.19. The Bertz CT molecular complexity index is 116. The molecule has 9 heavy (non-hydrogen) atoms. The maximum absolute atomic E-state index is 3.44. The van der Waals surface area contributed by atoms with Crippen LogP contribution in [-0.4, -0.2) is 12.1 Å². The minimum atomic E-state index is 0.581. The Morgan fingerprint density at radius 1 is 1.33 bits per heavy atom. The van der Waals surface area contributed by atoms with Crippen molar-refractivity contribution in [1.29, 1.82) is 0 Å². The molecule has 1 heterocycles. The molecule has 0 aromatic carbocycles. The van der Waals surface area contributed by atoms with Gasteiger partial charge in [0.25, 0.3) is 0 Å². The highest BCUT2D eigenvalue weighted by atomic mass is 15.0. The summed E-state index contributed by atoms with van der Waals surface area (Å²) in [5, 5.41) is 3.44. The zero-order valence-corrected chi connectivity index (χ0v) is 6.39. The highest BCUT2D eigenvalue weighted by Gasteiger charge is 2.15. The number of hydrogen-bond donors (Lipinski definition) is 1. The van der Waals surface area contributed by atoms with Gasteiger partial charge in [0.05, 0.1) is 0 Å². The average Bonchev–Trinajstić information content (AvgIpc) is 2.14. The van der Waals surface area contributed by atoms with Crippen molar-refractivity contribution in [2.45, 2.75) is 32.9 Å². The van der Waals surface area contributed by atoms with Crippen LogP contribution >= 0.6 is 0 Å². The molecule has 1 nitrogen and oxygen atoms in total. The van der Waals surface area contributed by atoms with Crippen molar-refractivity contribution < 1.29 is 0 Å². The molecule has 1 N–H and O–H groups in total. The summed E-state index contributed by atoms with van der Waals surface area (Å²) in [5.74, 6) is 0.728. The molecule has 0 amide bonds. The molecule has 0 saturated carbocycles.